The molecule has 15 heteroatoms. The SMILES string of the molecule is NC(N)=NCCCC(N)C(=O)NC(Cc1ccccc1)C(=O)NC(Cc1ccc(O)cc1)C(=O)NC(CC(=O)O)C(=O)O. The van der Waals surface area contributed by atoms with E-state index in [4.69, 9.17) is 22.3 Å². The van der Waals surface area contributed by atoms with Gasteiger partial charge in [-0.1, -0.05) is 42.5 Å². The number of carbonyl (C=O) groups excluding carboxylic acids is 3. The topological polar surface area (TPSA) is 273 Å². The number of carboxylic acids is 2. The van der Waals surface area contributed by atoms with Gasteiger partial charge in [0.15, 0.2) is 5.96 Å². The van der Waals surface area contributed by atoms with Gasteiger partial charge >= 0.3 is 11.9 Å². The maximum absolute atomic E-state index is 13.6. The fourth-order valence-electron chi connectivity index (χ4n) is 3.98. The largest absolute Gasteiger partial charge is 0.508 e. The Hall–Kier alpha value is -5.18. The molecule has 0 aliphatic heterocycles. The Morgan fingerprint density at radius 3 is 1.77 bits per heavy atom. The third kappa shape index (κ3) is 12.5. The number of guanidine groups is 1. The highest BCUT2D eigenvalue weighted by molar-refractivity contribution is 5.95. The molecular formula is C28H37N7O8. The first kappa shape index (κ1) is 34.0. The van der Waals surface area contributed by atoms with Crippen LogP contribution in [0.15, 0.2) is 59.6 Å². The van der Waals surface area contributed by atoms with Gasteiger partial charge in [0.25, 0.3) is 0 Å². The number of aliphatic imine (C=N–C) groups is 1. The number of carbonyl (C=O) groups is 5. The number of benzene rings is 2. The number of phenols is 1. The average Bonchev–Trinajstić information content (AvgIpc) is 2.95. The van der Waals surface area contributed by atoms with Crippen LogP contribution in [-0.2, 0) is 36.8 Å². The molecule has 0 radical (unpaired) electrons. The van der Waals surface area contributed by atoms with Gasteiger partial charge in [-0.2, -0.15) is 0 Å². The van der Waals surface area contributed by atoms with E-state index in [0.717, 1.165) is 0 Å². The van der Waals surface area contributed by atoms with E-state index < -0.39 is 60.2 Å². The van der Waals surface area contributed by atoms with Crippen molar-refractivity contribution in [1.29, 1.82) is 0 Å². The Morgan fingerprint density at radius 1 is 0.744 bits per heavy atom. The van der Waals surface area contributed by atoms with Crippen molar-refractivity contribution < 1.29 is 39.3 Å². The van der Waals surface area contributed by atoms with Crippen molar-refractivity contribution in [1.82, 2.24) is 16.0 Å². The van der Waals surface area contributed by atoms with Gasteiger partial charge in [0, 0.05) is 19.4 Å². The number of nitrogens with zero attached hydrogens (tertiary/aromatic N) is 1. The summed E-state index contributed by atoms with van der Waals surface area (Å²) in [5.74, 6) is -5.53. The highest BCUT2D eigenvalue weighted by Crippen LogP contribution is 2.13. The summed E-state index contributed by atoms with van der Waals surface area (Å²) in [6.07, 6.45) is -0.391. The summed E-state index contributed by atoms with van der Waals surface area (Å²) < 4.78 is 0. The van der Waals surface area contributed by atoms with Crippen LogP contribution in [0.3, 0.4) is 0 Å². The summed E-state index contributed by atoms with van der Waals surface area (Å²) in [4.78, 5) is 66.2. The van der Waals surface area contributed by atoms with Crippen LogP contribution in [-0.4, -0.2) is 81.7 Å². The fraction of sp³-hybridized carbons (Fsp3) is 0.357. The van der Waals surface area contributed by atoms with E-state index in [1.54, 1.807) is 30.3 Å². The molecule has 0 spiro atoms. The van der Waals surface area contributed by atoms with E-state index in [9.17, 15) is 34.2 Å². The highest BCUT2D eigenvalue weighted by atomic mass is 16.4. The molecule has 12 N–H and O–H groups in total. The summed E-state index contributed by atoms with van der Waals surface area (Å²) in [6.45, 7) is 0.254. The minimum absolute atomic E-state index is 0.0312. The van der Waals surface area contributed by atoms with Crippen LogP contribution in [0.5, 0.6) is 5.75 Å². The third-order valence-electron chi connectivity index (χ3n) is 6.22. The summed E-state index contributed by atoms with van der Waals surface area (Å²) in [7, 11) is 0. The molecule has 0 fully saturated rings. The molecule has 43 heavy (non-hydrogen) atoms. The number of hydrogen-bond acceptors (Lipinski definition) is 8. The number of amides is 3. The van der Waals surface area contributed by atoms with Crippen molar-refractivity contribution >= 4 is 35.6 Å². The standard InChI is InChI=1S/C28H37N7O8/c29-19(7-4-12-32-28(30)31)24(39)33-20(13-16-5-2-1-3-6-16)25(40)34-21(14-17-8-10-18(36)11-9-17)26(41)35-22(27(42)43)15-23(37)38/h1-3,5-6,8-11,19-22,36H,4,7,12-15,29H2,(H,33,39)(H,34,40)(H,35,41)(H,37,38)(H,42,43)(H4,30,31,32). The number of rotatable bonds is 17. The third-order valence-corrected chi connectivity index (χ3v) is 6.22. The van der Waals surface area contributed by atoms with Crippen LogP contribution in [0, 0.1) is 0 Å². The molecule has 3 amide bonds. The lowest BCUT2D eigenvalue weighted by molar-refractivity contribution is -0.147. The van der Waals surface area contributed by atoms with E-state index in [2.05, 4.69) is 20.9 Å². The second-order valence-corrected chi connectivity index (χ2v) is 9.74. The maximum Gasteiger partial charge on any atom is 0.326 e. The zero-order valence-corrected chi connectivity index (χ0v) is 23.3. The molecule has 0 saturated carbocycles. The van der Waals surface area contributed by atoms with Crippen LogP contribution < -0.4 is 33.2 Å². The lowest BCUT2D eigenvalue weighted by Gasteiger charge is -2.25. The molecule has 2 aromatic rings. The van der Waals surface area contributed by atoms with Gasteiger partial charge in [0.05, 0.1) is 12.5 Å². The maximum atomic E-state index is 13.6. The fourth-order valence-corrected chi connectivity index (χ4v) is 3.98. The Morgan fingerprint density at radius 2 is 1.26 bits per heavy atom. The average molecular weight is 600 g/mol. The van der Waals surface area contributed by atoms with Gasteiger partial charge in [-0.3, -0.25) is 24.2 Å². The smallest absolute Gasteiger partial charge is 0.326 e. The lowest BCUT2D eigenvalue weighted by Crippen LogP contribution is -2.58. The van der Waals surface area contributed by atoms with Crippen molar-refractivity contribution in [3.05, 3.63) is 65.7 Å². The molecule has 232 valence electrons. The van der Waals surface area contributed by atoms with Gasteiger partial charge in [-0.15, -0.1) is 0 Å². The van der Waals surface area contributed by atoms with Crippen LogP contribution >= 0.6 is 0 Å². The van der Waals surface area contributed by atoms with Crippen molar-refractivity contribution in [2.75, 3.05) is 6.54 Å². The second-order valence-electron chi connectivity index (χ2n) is 9.74. The zero-order chi connectivity index (χ0) is 31.9. The molecule has 4 atom stereocenters. The quantitative estimate of drug-likeness (QED) is 0.0577. The highest BCUT2D eigenvalue weighted by Gasteiger charge is 2.31. The van der Waals surface area contributed by atoms with Crippen LogP contribution in [0.25, 0.3) is 0 Å². The van der Waals surface area contributed by atoms with E-state index in [0.29, 0.717) is 17.5 Å². The number of hydrogen-bond donors (Lipinski definition) is 9. The van der Waals surface area contributed by atoms with Gasteiger partial charge in [0.2, 0.25) is 17.7 Å². The van der Waals surface area contributed by atoms with Gasteiger partial charge in [-0.05, 0) is 36.1 Å². The molecule has 0 aromatic heterocycles. The van der Waals surface area contributed by atoms with Crippen LogP contribution in [0.1, 0.15) is 30.4 Å². The molecular weight excluding hydrogens is 562 g/mol. The molecule has 4 unspecified atom stereocenters. The number of aromatic hydroxyl groups is 1. The minimum atomic E-state index is -1.76. The number of nitrogens with one attached hydrogen (secondary N) is 3. The van der Waals surface area contributed by atoms with Crippen molar-refractivity contribution in [3.63, 3.8) is 0 Å². The first-order chi connectivity index (χ1) is 20.3. The lowest BCUT2D eigenvalue weighted by atomic mass is 10.0. The van der Waals surface area contributed by atoms with Crippen molar-refractivity contribution in [3.8, 4) is 5.75 Å². The Kier molecular flexibility index (Phi) is 13.4. The Balaban J connectivity index is 2.28. The number of nitrogens with two attached hydrogens (primary N) is 3. The van der Waals surface area contributed by atoms with Crippen molar-refractivity contribution in [2.24, 2.45) is 22.2 Å². The zero-order valence-electron chi connectivity index (χ0n) is 23.3. The molecule has 0 bridgehead atoms. The summed E-state index contributed by atoms with van der Waals surface area (Å²) in [5, 5.41) is 35.4. The van der Waals surface area contributed by atoms with Gasteiger partial charge in [-0.25, -0.2) is 4.79 Å². The summed E-state index contributed by atoms with van der Waals surface area (Å²) in [6, 6.07) is 9.15. The van der Waals surface area contributed by atoms with Crippen molar-refractivity contribution in [2.45, 2.75) is 56.3 Å². The molecule has 0 heterocycles. The van der Waals surface area contributed by atoms with E-state index in [1.807, 2.05) is 0 Å². The number of aliphatic carboxylic acids is 2. The van der Waals surface area contributed by atoms with Crippen LogP contribution in [0.4, 0.5) is 0 Å². The van der Waals surface area contributed by atoms with Gasteiger partial charge in [0.1, 0.15) is 23.9 Å². The number of carboxylic acid groups (broad SMARTS) is 2. The van der Waals surface area contributed by atoms with E-state index in [1.165, 1.54) is 24.3 Å². The Bertz CT molecular complexity index is 1280. The first-order valence-corrected chi connectivity index (χ1v) is 13.3. The predicted molar refractivity (Wildman–Crippen MR) is 156 cm³/mol. The van der Waals surface area contributed by atoms with Crippen LogP contribution in [0.2, 0.25) is 0 Å². The second kappa shape index (κ2) is 16.9. The van der Waals surface area contributed by atoms with Gasteiger partial charge < -0.3 is 48.5 Å². The van der Waals surface area contributed by atoms with E-state index >= 15 is 0 Å². The first-order valence-electron chi connectivity index (χ1n) is 13.3. The molecule has 15 nitrogen and oxygen atoms in total. The minimum Gasteiger partial charge on any atom is -0.508 e. The molecule has 2 rings (SSSR count). The molecule has 0 saturated heterocycles. The predicted octanol–water partition coefficient (Wildman–Crippen LogP) is -1.43. The molecule has 0 aliphatic rings. The normalized spacial score (nSPS) is 13.4. The van der Waals surface area contributed by atoms with E-state index in [-0.39, 0.29) is 37.5 Å². The monoisotopic (exact) mass is 599 g/mol. The Labute approximate surface area is 247 Å². The molecule has 0 aliphatic carbocycles. The summed E-state index contributed by atoms with van der Waals surface area (Å²) >= 11 is 0. The molecule has 2 aromatic carbocycles. The number of phenolic OH excluding ortho intramolecular Hbond substituents is 1. The summed E-state index contributed by atoms with van der Waals surface area (Å²) in [5.41, 5.74) is 17.8.